The molecule has 0 saturated carbocycles. The molecule has 0 saturated heterocycles. The van der Waals surface area contributed by atoms with Crippen molar-refractivity contribution >= 4 is 41.4 Å². The average molecular weight is 464 g/mol. The topological polar surface area (TPSA) is 185 Å². The number of aliphatic carboxylic acids is 1. The van der Waals surface area contributed by atoms with Gasteiger partial charge in [-0.1, -0.05) is 20.3 Å². The van der Waals surface area contributed by atoms with Gasteiger partial charge in [0.15, 0.2) is 0 Å². The number of nitrogens with one attached hydrogen (secondary N) is 3. The molecule has 0 heterocycles. The third kappa shape index (κ3) is 9.46. The van der Waals surface area contributed by atoms with Gasteiger partial charge in [-0.05, 0) is 24.5 Å². The summed E-state index contributed by atoms with van der Waals surface area (Å²) in [4.78, 5) is 69.4. The summed E-state index contributed by atoms with van der Waals surface area (Å²) in [5.74, 6) is -3.65. The van der Waals surface area contributed by atoms with Crippen molar-refractivity contribution < 1.29 is 34.0 Å². The number of hydrogen-bond donors (Lipinski definition) is 4. The van der Waals surface area contributed by atoms with Crippen LogP contribution in [0.1, 0.15) is 46.0 Å². The standard InChI is InChI=1S/C21H28N4O8/c1-3-13(2)19(24-17(27)6-4-5-11-26)21(31)23-16(12-18(28)29)20(30)22-14-7-9-15(10-8-14)25(32)33/h7-11,13,16,19H,3-6,12H2,1-2H3,(H,22,30)(H,23,31)(H,24,27)(H,28,29). The van der Waals surface area contributed by atoms with E-state index in [4.69, 9.17) is 5.11 Å². The first-order chi connectivity index (χ1) is 15.6. The summed E-state index contributed by atoms with van der Waals surface area (Å²) in [6.07, 6.45) is 1.06. The van der Waals surface area contributed by atoms with Crippen LogP contribution < -0.4 is 16.0 Å². The minimum absolute atomic E-state index is 0.0398. The van der Waals surface area contributed by atoms with E-state index in [1.807, 2.05) is 0 Å². The number of amides is 3. The first-order valence-corrected chi connectivity index (χ1v) is 10.4. The number of non-ortho nitro benzene ring substituents is 1. The number of rotatable bonds is 14. The van der Waals surface area contributed by atoms with E-state index in [9.17, 15) is 34.1 Å². The van der Waals surface area contributed by atoms with Gasteiger partial charge in [-0.2, -0.15) is 0 Å². The van der Waals surface area contributed by atoms with Crippen LogP contribution in [0.3, 0.4) is 0 Å². The van der Waals surface area contributed by atoms with Crippen molar-refractivity contribution in [3.8, 4) is 0 Å². The van der Waals surface area contributed by atoms with E-state index in [2.05, 4.69) is 16.0 Å². The number of nitrogens with zero attached hydrogens (tertiary/aromatic N) is 1. The number of anilines is 1. The highest BCUT2D eigenvalue weighted by Gasteiger charge is 2.31. The molecular formula is C21H28N4O8. The van der Waals surface area contributed by atoms with Crippen LogP contribution in [0.15, 0.2) is 24.3 Å². The Morgan fingerprint density at radius 2 is 1.76 bits per heavy atom. The minimum Gasteiger partial charge on any atom is -0.481 e. The zero-order valence-corrected chi connectivity index (χ0v) is 18.4. The third-order valence-electron chi connectivity index (χ3n) is 4.90. The first-order valence-electron chi connectivity index (χ1n) is 10.4. The predicted molar refractivity (Wildman–Crippen MR) is 117 cm³/mol. The Kier molecular flexibility index (Phi) is 11.2. The molecule has 3 atom stereocenters. The molecule has 4 N–H and O–H groups in total. The number of benzene rings is 1. The molecule has 3 amide bonds. The summed E-state index contributed by atoms with van der Waals surface area (Å²) in [7, 11) is 0. The van der Waals surface area contributed by atoms with Gasteiger partial charge in [0.2, 0.25) is 17.7 Å². The molecule has 1 aromatic rings. The van der Waals surface area contributed by atoms with Gasteiger partial charge in [0.1, 0.15) is 18.4 Å². The van der Waals surface area contributed by atoms with E-state index in [0.717, 1.165) is 0 Å². The van der Waals surface area contributed by atoms with Crippen molar-refractivity contribution in [2.45, 2.75) is 58.0 Å². The van der Waals surface area contributed by atoms with Gasteiger partial charge in [-0.15, -0.1) is 0 Å². The quantitative estimate of drug-likeness (QED) is 0.138. The minimum atomic E-state index is -1.45. The monoisotopic (exact) mass is 464 g/mol. The van der Waals surface area contributed by atoms with Gasteiger partial charge in [-0.3, -0.25) is 29.3 Å². The largest absolute Gasteiger partial charge is 0.481 e. The SMILES string of the molecule is CCC(C)C(NC(=O)CCCC=O)C(=O)NC(CC(=O)O)C(=O)Nc1ccc([N+](=O)[O-])cc1. The van der Waals surface area contributed by atoms with Crippen LogP contribution in [0.5, 0.6) is 0 Å². The zero-order chi connectivity index (χ0) is 25.0. The Bertz CT molecular complexity index is 872. The highest BCUT2D eigenvalue weighted by Crippen LogP contribution is 2.16. The Morgan fingerprint density at radius 3 is 2.27 bits per heavy atom. The van der Waals surface area contributed by atoms with Crippen LogP contribution in [0.2, 0.25) is 0 Å². The van der Waals surface area contributed by atoms with E-state index in [-0.39, 0.29) is 30.1 Å². The van der Waals surface area contributed by atoms with E-state index >= 15 is 0 Å². The molecule has 0 fully saturated rings. The van der Waals surface area contributed by atoms with Crippen LogP contribution in [-0.4, -0.2) is 52.1 Å². The Balaban J connectivity index is 2.93. The molecule has 3 unspecified atom stereocenters. The van der Waals surface area contributed by atoms with Crippen LogP contribution in [-0.2, 0) is 24.0 Å². The van der Waals surface area contributed by atoms with Gasteiger partial charge < -0.3 is 25.9 Å². The molecule has 33 heavy (non-hydrogen) atoms. The molecule has 1 aromatic carbocycles. The second-order valence-corrected chi connectivity index (χ2v) is 7.44. The molecule has 0 aliphatic heterocycles. The fourth-order valence-corrected chi connectivity index (χ4v) is 2.83. The molecule has 0 radical (unpaired) electrons. The molecule has 0 aliphatic rings. The molecule has 0 spiro atoms. The average Bonchev–Trinajstić information content (AvgIpc) is 2.76. The smallest absolute Gasteiger partial charge is 0.305 e. The second kappa shape index (κ2) is 13.6. The molecular weight excluding hydrogens is 436 g/mol. The Morgan fingerprint density at radius 1 is 1.12 bits per heavy atom. The second-order valence-electron chi connectivity index (χ2n) is 7.44. The Labute approximate surface area is 190 Å². The molecule has 180 valence electrons. The summed E-state index contributed by atoms with van der Waals surface area (Å²) < 4.78 is 0. The summed E-state index contributed by atoms with van der Waals surface area (Å²) in [6, 6.07) is 2.42. The summed E-state index contributed by atoms with van der Waals surface area (Å²) in [6.45, 7) is 3.53. The number of aldehydes is 1. The molecule has 12 heteroatoms. The number of hydrogen-bond acceptors (Lipinski definition) is 7. The third-order valence-corrected chi connectivity index (χ3v) is 4.90. The molecule has 0 aromatic heterocycles. The van der Waals surface area contributed by atoms with Crippen LogP contribution >= 0.6 is 0 Å². The summed E-state index contributed by atoms with van der Waals surface area (Å²) in [5.41, 5.74) is -0.0131. The number of nitro benzene ring substituents is 1. The lowest BCUT2D eigenvalue weighted by molar-refractivity contribution is -0.384. The van der Waals surface area contributed by atoms with E-state index in [1.165, 1.54) is 24.3 Å². The maximum Gasteiger partial charge on any atom is 0.305 e. The maximum absolute atomic E-state index is 12.8. The number of unbranched alkanes of at least 4 members (excludes halogenated alkanes) is 1. The zero-order valence-electron chi connectivity index (χ0n) is 18.4. The number of carbonyl (C=O) groups excluding carboxylic acids is 4. The van der Waals surface area contributed by atoms with Crippen LogP contribution in [0, 0.1) is 16.0 Å². The van der Waals surface area contributed by atoms with Crippen LogP contribution in [0.4, 0.5) is 11.4 Å². The lowest BCUT2D eigenvalue weighted by atomic mass is 9.97. The van der Waals surface area contributed by atoms with Crippen molar-refractivity contribution in [2.24, 2.45) is 5.92 Å². The molecule has 1 rings (SSSR count). The van der Waals surface area contributed by atoms with Crippen molar-refractivity contribution in [3.05, 3.63) is 34.4 Å². The molecule has 0 bridgehead atoms. The molecule has 0 aliphatic carbocycles. The normalized spacial score (nSPS) is 13.2. The highest BCUT2D eigenvalue weighted by molar-refractivity contribution is 6.00. The van der Waals surface area contributed by atoms with E-state index < -0.39 is 47.1 Å². The van der Waals surface area contributed by atoms with Crippen LogP contribution in [0.25, 0.3) is 0 Å². The van der Waals surface area contributed by atoms with Gasteiger partial charge >= 0.3 is 5.97 Å². The van der Waals surface area contributed by atoms with Crippen molar-refractivity contribution in [3.63, 3.8) is 0 Å². The number of nitro groups is 1. The number of carbonyl (C=O) groups is 5. The lowest BCUT2D eigenvalue weighted by Crippen LogP contribution is -2.55. The number of carboxylic acids is 1. The summed E-state index contributed by atoms with van der Waals surface area (Å²) >= 11 is 0. The Hall–Kier alpha value is -3.83. The fourth-order valence-electron chi connectivity index (χ4n) is 2.83. The fraction of sp³-hybridized carbons (Fsp3) is 0.476. The van der Waals surface area contributed by atoms with Gasteiger partial charge in [0, 0.05) is 30.7 Å². The summed E-state index contributed by atoms with van der Waals surface area (Å²) in [5, 5.41) is 27.3. The van der Waals surface area contributed by atoms with Gasteiger partial charge in [-0.25, -0.2) is 0 Å². The van der Waals surface area contributed by atoms with Crippen molar-refractivity contribution in [1.29, 1.82) is 0 Å². The van der Waals surface area contributed by atoms with Gasteiger partial charge in [0.05, 0.1) is 11.3 Å². The van der Waals surface area contributed by atoms with Crippen molar-refractivity contribution in [2.75, 3.05) is 5.32 Å². The van der Waals surface area contributed by atoms with Gasteiger partial charge in [0.25, 0.3) is 5.69 Å². The van der Waals surface area contributed by atoms with E-state index in [0.29, 0.717) is 19.1 Å². The van der Waals surface area contributed by atoms with Crippen molar-refractivity contribution in [1.82, 2.24) is 10.6 Å². The maximum atomic E-state index is 12.8. The molecule has 12 nitrogen and oxygen atoms in total. The number of carboxylic acid groups (broad SMARTS) is 1. The van der Waals surface area contributed by atoms with E-state index in [1.54, 1.807) is 13.8 Å². The lowest BCUT2D eigenvalue weighted by Gasteiger charge is -2.26. The first kappa shape index (κ1) is 27.2. The highest BCUT2D eigenvalue weighted by atomic mass is 16.6. The predicted octanol–water partition coefficient (Wildman–Crippen LogP) is 1.39.